The molecule has 3 unspecified atom stereocenters. The maximum absolute atomic E-state index is 11.1. The van der Waals surface area contributed by atoms with Gasteiger partial charge in [0.2, 0.25) is 0 Å². The number of carbonyl (C=O) groups excluding carboxylic acids is 1. The molecule has 3 atom stereocenters. The van der Waals surface area contributed by atoms with E-state index in [0.29, 0.717) is 11.2 Å². The van der Waals surface area contributed by atoms with Gasteiger partial charge in [-0.3, -0.25) is 4.79 Å². The van der Waals surface area contributed by atoms with Crippen molar-refractivity contribution in [3.8, 4) is 5.75 Å². The van der Waals surface area contributed by atoms with Gasteiger partial charge in [0.25, 0.3) is 0 Å². The van der Waals surface area contributed by atoms with Gasteiger partial charge < -0.3 is 4.74 Å². The highest BCUT2D eigenvalue weighted by Crippen LogP contribution is 2.57. The number of hydrogen-bond donors (Lipinski definition) is 0. The standard InChI is InChI=1S/C21H26O2/c1-15(22)23-19-9-7-18(8-10-19)21(11-3-2-4-12-21)20-14-16-5-6-17(20)13-16/h5-10,16-17,20H,2-4,11-14H2,1H3. The molecule has 4 rings (SSSR count). The van der Waals surface area contributed by atoms with E-state index in [4.69, 9.17) is 4.74 Å². The molecular formula is C21H26O2. The first-order valence-corrected chi connectivity index (χ1v) is 9.15. The Labute approximate surface area is 138 Å². The molecule has 2 saturated carbocycles. The summed E-state index contributed by atoms with van der Waals surface area (Å²) in [7, 11) is 0. The Balaban J connectivity index is 1.65. The molecule has 1 aromatic carbocycles. The monoisotopic (exact) mass is 310 g/mol. The van der Waals surface area contributed by atoms with Crippen molar-refractivity contribution in [2.24, 2.45) is 17.8 Å². The van der Waals surface area contributed by atoms with Crippen LogP contribution in [-0.2, 0) is 10.2 Å². The second-order valence-electron chi connectivity index (χ2n) is 7.72. The molecule has 23 heavy (non-hydrogen) atoms. The average Bonchev–Trinajstić information content (AvgIpc) is 3.19. The molecule has 1 aromatic rings. The topological polar surface area (TPSA) is 26.3 Å². The van der Waals surface area contributed by atoms with E-state index >= 15 is 0 Å². The summed E-state index contributed by atoms with van der Waals surface area (Å²) in [5.41, 5.74) is 1.82. The first-order chi connectivity index (χ1) is 11.2. The smallest absolute Gasteiger partial charge is 0.308 e. The van der Waals surface area contributed by atoms with E-state index < -0.39 is 0 Å². The van der Waals surface area contributed by atoms with Crippen LogP contribution in [0, 0.1) is 17.8 Å². The van der Waals surface area contributed by atoms with Gasteiger partial charge in [-0.25, -0.2) is 0 Å². The lowest BCUT2D eigenvalue weighted by atomic mass is 9.59. The van der Waals surface area contributed by atoms with Gasteiger partial charge in [-0.15, -0.1) is 0 Å². The van der Waals surface area contributed by atoms with Crippen LogP contribution in [-0.4, -0.2) is 5.97 Å². The Kier molecular flexibility index (Phi) is 3.79. The quantitative estimate of drug-likeness (QED) is 0.445. The molecule has 122 valence electrons. The van der Waals surface area contributed by atoms with Crippen LogP contribution in [0.5, 0.6) is 5.75 Å². The number of benzene rings is 1. The van der Waals surface area contributed by atoms with Crippen LogP contribution < -0.4 is 4.74 Å². The van der Waals surface area contributed by atoms with E-state index in [-0.39, 0.29) is 5.97 Å². The third-order valence-electron chi connectivity index (χ3n) is 6.43. The molecule has 2 heteroatoms. The van der Waals surface area contributed by atoms with Crippen molar-refractivity contribution in [3.05, 3.63) is 42.0 Å². The van der Waals surface area contributed by atoms with Gasteiger partial charge in [0.1, 0.15) is 5.75 Å². The molecule has 0 amide bonds. The maximum atomic E-state index is 11.1. The van der Waals surface area contributed by atoms with Crippen molar-refractivity contribution >= 4 is 5.97 Å². The minimum Gasteiger partial charge on any atom is -0.427 e. The highest BCUT2D eigenvalue weighted by Gasteiger charge is 2.49. The van der Waals surface area contributed by atoms with Crippen molar-refractivity contribution in [2.75, 3.05) is 0 Å². The van der Waals surface area contributed by atoms with Gasteiger partial charge in [-0.05, 0) is 66.5 Å². The molecule has 0 saturated heterocycles. The fourth-order valence-electron chi connectivity index (χ4n) is 5.49. The molecule has 2 nitrogen and oxygen atoms in total. The fourth-order valence-corrected chi connectivity index (χ4v) is 5.49. The van der Waals surface area contributed by atoms with E-state index in [2.05, 4.69) is 24.3 Å². The molecule has 0 heterocycles. The highest BCUT2D eigenvalue weighted by atomic mass is 16.5. The van der Waals surface area contributed by atoms with E-state index in [1.54, 1.807) is 0 Å². The lowest BCUT2D eigenvalue weighted by Gasteiger charge is -2.45. The molecule has 0 N–H and O–H groups in total. The van der Waals surface area contributed by atoms with Crippen LogP contribution in [0.1, 0.15) is 57.4 Å². The minimum atomic E-state index is -0.247. The molecule has 2 bridgehead atoms. The summed E-state index contributed by atoms with van der Waals surface area (Å²) in [6, 6.07) is 8.41. The lowest BCUT2D eigenvalue weighted by Crippen LogP contribution is -2.39. The van der Waals surface area contributed by atoms with Crippen LogP contribution in [0.4, 0.5) is 0 Å². The Bertz CT molecular complexity index is 607. The third kappa shape index (κ3) is 2.62. The molecule has 0 radical (unpaired) electrons. The molecule has 3 aliphatic carbocycles. The van der Waals surface area contributed by atoms with Gasteiger partial charge >= 0.3 is 5.97 Å². The summed E-state index contributed by atoms with van der Waals surface area (Å²) in [6.45, 7) is 1.46. The minimum absolute atomic E-state index is 0.247. The van der Waals surface area contributed by atoms with Crippen molar-refractivity contribution in [1.82, 2.24) is 0 Å². The second-order valence-corrected chi connectivity index (χ2v) is 7.72. The Morgan fingerprint density at radius 2 is 1.78 bits per heavy atom. The molecule has 3 aliphatic rings. The number of ether oxygens (including phenoxy) is 1. The molecule has 2 fully saturated rings. The highest BCUT2D eigenvalue weighted by molar-refractivity contribution is 5.69. The van der Waals surface area contributed by atoms with E-state index in [1.165, 1.54) is 57.4 Å². The van der Waals surface area contributed by atoms with E-state index in [1.807, 2.05) is 12.1 Å². The number of hydrogen-bond acceptors (Lipinski definition) is 2. The number of rotatable bonds is 3. The Hall–Kier alpha value is -1.57. The van der Waals surface area contributed by atoms with Crippen LogP contribution in [0.3, 0.4) is 0 Å². The number of fused-ring (bicyclic) bond motifs is 2. The normalized spacial score (nSPS) is 31.3. The first kappa shape index (κ1) is 15.0. The van der Waals surface area contributed by atoms with E-state index in [9.17, 15) is 4.79 Å². The van der Waals surface area contributed by atoms with Crippen LogP contribution in [0.2, 0.25) is 0 Å². The SMILES string of the molecule is CC(=O)Oc1ccc(C2(C3CC4C=CC3C4)CCCCC2)cc1. The number of carbonyl (C=O) groups is 1. The molecule has 0 aliphatic heterocycles. The predicted octanol–water partition coefficient (Wildman–Crippen LogP) is 5.03. The summed E-state index contributed by atoms with van der Waals surface area (Å²) in [5.74, 6) is 2.83. The largest absolute Gasteiger partial charge is 0.427 e. The zero-order valence-corrected chi connectivity index (χ0v) is 14.0. The summed E-state index contributed by atoms with van der Waals surface area (Å²) in [6.07, 6.45) is 14.4. The molecule has 0 aromatic heterocycles. The predicted molar refractivity (Wildman–Crippen MR) is 91.4 cm³/mol. The van der Waals surface area contributed by atoms with Crippen molar-refractivity contribution in [2.45, 2.75) is 57.3 Å². The van der Waals surface area contributed by atoms with Crippen LogP contribution in [0.25, 0.3) is 0 Å². The number of esters is 1. The van der Waals surface area contributed by atoms with Gasteiger partial charge in [-0.2, -0.15) is 0 Å². The van der Waals surface area contributed by atoms with Crippen molar-refractivity contribution < 1.29 is 9.53 Å². The van der Waals surface area contributed by atoms with E-state index in [0.717, 1.165) is 17.8 Å². The maximum Gasteiger partial charge on any atom is 0.308 e. The first-order valence-electron chi connectivity index (χ1n) is 9.15. The summed E-state index contributed by atoms with van der Waals surface area (Å²) in [5, 5.41) is 0. The van der Waals surface area contributed by atoms with Gasteiger partial charge in [-0.1, -0.05) is 43.5 Å². The summed E-state index contributed by atoms with van der Waals surface area (Å²) < 4.78 is 5.21. The van der Waals surface area contributed by atoms with Crippen molar-refractivity contribution in [1.29, 1.82) is 0 Å². The fraction of sp³-hybridized carbons (Fsp3) is 0.571. The Morgan fingerprint density at radius 3 is 2.35 bits per heavy atom. The zero-order valence-electron chi connectivity index (χ0n) is 14.0. The Morgan fingerprint density at radius 1 is 1.04 bits per heavy atom. The van der Waals surface area contributed by atoms with Gasteiger partial charge in [0.15, 0.2) is 0 Å². The second kappa shape index (κ2) is 5.81. The van der Waals surface area contributed by atoms with Gasteiger partial charge in [0.05, 0.1) is 0 Å². The van der Waals surface area contributed by atoms with Crippen LogP contribution in [0.15, 0.2) is 36.4 Å². The third-order valence-corrected chi connectivity index (χ3v) is 6.43. The van der Waals surface area contributed by atoms with Crippen molar-refractivity contribution in [3.63, 3.8) is 0 Å². The average molecular weight is 310 g/mol. The molecule has 0 spiro atoms. The lowest BCUT2D eigenvalue weighted by molar-refractivity contribution is -0.131. The molecular weight excluding hydrogens is 284 g/mol. The zero-order chi connectivity index (χ0) is 15.9. The summed E-state index contributed by atoms with van der Waals surface area (Å²) >= 11 is 0. The summed E-state index contributed by atoms with van der Waals surface area (Å²) in [4.78, 5) is 11.1. The van der Waals surface area contributed by atoms with Gasteiger partial charge in [0, 0.05) is 6.92 Å². The van der Waals surface area contributed by atoms with Crippen LogP contribution >= 0.6 is 0 Å². The number of allylic oxidation sites excluding steroid dienone is 2.